The summed E-state index contributed by atoms with van der Waals surface area (Å²) in [6.07, 6.45) is 5.99. The van der Waals surface area contributed by atoms with Crippen molar-refractivity contribution in [3.63, 3.8) is 0 Å². The van der Waals surface area contributed by atoms with Crippen LogP contribution in [-0.2, 0) is 35.5 Å². The Morgan fingerprint density at radius 3 is 1.86 bits per heavy atom. The fraction of sp³-hybridized carbons (Fsp3) is 0.283. The zero-order chi connectivity index (χ0) is 33.3. The van der Waals surface area contributed by atoms with Gasteiger partial charge in [-0.25, -0.2) is 0 Å². The van der Waals surface area contributed by atoms with Gasteiger partial charge in [-0.3, -0.25) is 0 Å². The van der Waals surface area contributed by atoms with Gasteiger partial charge in [0.15, 0.2) is 0 Å². The Morgan fingerprint density at radius 2 is 1.24 bits per heavy atom. The zero-order valence-electron chi connectivity index (χ0n) is 30.5. The van der Waals surface area contributed by atoms with E-state index in [1.165, 1.54) is 75.6 Å². The van der Waals surface area contributed by atoms with Crippen LogP contribution in [0.1, 0.15) is 94.3 Å². The van der Waals surface area contributed by atoms with E-state index in [0.29, 0.717) is 5.92 Å². The zero-order valence-corrected chi connectivity index (χ0v) is 34.6. The molecule has 0 spiro atoms. The molecule has 0 saturated carbocycles. The second-order valence-corrected chi connectivity index (χ2v) is 30.5. The summed E-state index contributed by atoms with van der Waals surface area (Å²) in [5.74, 6) is 0.331. The second kappa shape index (κ2) is 11.6. The van der Waals surface area contributed by atoms with Crippen molar-refractivity contribution in [2.75, 3.05) is 0 Å². The molecule has 0 nitrogen and oxygen atoms in total. The number of hydrogen-bond acceptors (Lipinski definition) is 0. The fourth-order valence-electron chi connectivity index (χ4n) is 11.1. The van der Waals surface area contributed by atoms with E-state index in [-0.39, 0.29) is 35.6 Å². The Morgan fingerprint density at radius 1 is 0.694 bits per heavy atom. The fourth-order valence-corrected chi connectivity index (χ4v) is 29.3. The number of rotatable bonds is 4. The van der Waals surface area contributed by atoms with Gasteiger partial charge < -0.3 is 0 Å². The van der Waals surface area contributed by atoms with Crippen molar-refractivity contribution < 1.29 is 18.3 Å². The molecule has 1 unspecified atom stereocenters. The van der Waals surface area contributed by atoms with Gasteiger partial charge in [0.05, 0.1) is 0 Å². The summed E-state index contributed by atoms with van der Waals surface area (Å²) in [5, 5.41) is 0. The van der Waals surface area contributed by atoms with Crippen LogP contribution in [0.4, 0.5) is 0 Å². The first-order valence-electron chi connectivity index (χ1n) is 17.5. The molecule has 1 atom stereocenters. The molecular weight excluding hydrogens is 715 g/mol. The van der Waals surface area contributed by atoms with Crippen LogP contribution in [0.2, 0.25) is 4.63 Å². The molecule has 252 valence electrons. The van der Waals surface area contributed by atoms with E-state index in [0.717, 1.165) is 6.42 Å². The van der Waals surface area contributed by atoms with Crippen LogP contribution in [0.5, 0.6) is 0 Å². The molecule has 0 aliphatic heterocycles. The normalized spacial score (nSPS) is 19.8. The van der Waals surface area contributed by atoms with Gasteiger partial charge in [-0.05, 0) is 0 Å². The summed E-state index contributed by atoms with van der Waals surface area (Å²) in [6, 6.07) is 32.6. The van der Waals surface area contributed by atoms with Crippen molar-refractivity contribution in [2.24, 2.45) is 5.92 Å². The van der Waals surface area contributed by atoms with Gasteiger partial charge in [-0.15, -0.1) is 24.8 Å². The quantitative estimate of drug-likeness (QED) is 0.171. The maximum atomic E-state index is 5.62. The Hall–Kier alpha value is -2.83. The molecule has 0 fully saturated rings. The van der Waals surface area contributed by atoms with E-state index in [1.54, 1.807) is 6.56 Å². The molecule has 0 N–H and O–H groups in total. The SMILES string of the molecule is Cl.Cl.[CH2]=[Zr]([CH3])([C]1=C(C)C(c2ccccc2)=CC1C)([C]1=C(C)c2cc3c(cc2C1(C)C)Cc1cc2c(cc1-3)C(C)=CC2(C)C)[c]1ccccc1. The predicted octanol–water partition coefficient (Wildman–Crippen LogP) is 12.3. The molecule has 0 bridgehead atoms. The van der Waals surface area contributed by atoms with Crippen molar-refractivity contribution in [1.29, 1.82) is 0 Å². The molecule has 4 aromatic carbocycles. The average Bonchev–Trinajstić information content (AvgIpc) is 3.68. The van der Waals surface area contributed by atoms with E-state index < -0.39 is 18.3 Å². The van der Waals surface area contributed by atoms with Crippen LogP contribution in [0, 0.1) is 5.92 Å². The van der Waals surface area contributed by atoms with Gasteiger partial charge in [0.1, 0.15) is 0 Å². The standard InChI is InChI=1S/C25H25.C13H13.C6H5.CH3.CH2.2ClH.Zr/c1-14-12-24(3,4)22-8-16-7-17-9-23-19(15(2)13-25(23,5)6)11-21(17)20(16)10-18(14)22;1-10-8-11(2)13(9-10)12-6-4-3-5-7-12;1-2-4-6-5-3-1;;;;;/h8-12H,7H2,1-6H3;3-7,9-10H,1-2H3;1-5H;1H3;1H2;2*1H;. The minimum atomic E-state index is -4.47. The average molecular weight is 765 g/mol. The number of benzene rings is 4. The third-order valence-electron chi connectivity index (χ3n) is 12.7. The van der Waals surface area contributed by atoms with Crippen LogP contribution in [0.15, 0.2) is 109 Å². The van der Waals surface area contributed by atoms with E-state index in [9.17, 15) is 0 Å². The Labute approximate surface area is 307 Å². The third kappa shape index (κ3) is 4.82. The number of fused-ring (bicyclic) bond motifs is 5. The topological polar surface area (TPSA) is 0 Å². The number of allylic oxidation sites excluding steroid dienone is 8. The van der Waals surface area contributed by atoms with Crippen molar-refractivity contribution in [3.05, 3.63) is 148 Å². The summed E-state index contributed by atoms with van der Waals surface area (Å²) >= 11 is -4.47. The van der Waals surface area contributed by atoms with E-state index in [4.69, 9.17) is 4.21 Å². The molecule has 0 amide bonds. The first-order chi connectivity index (χ1) is 22.1. The van der Waals surface area contributed by atoms with Gasteiger partial charge in [0, 0.05) is 0 Å². The molecule has 0 saturated heterocycles. The van der Waals surface area contributed by atoms with Crippen molar-refractivity contribution in [2.45, 2.75) is 77.3 Å². The summed E-state index contributed by atoms with van der Waals surface area (Å²) in [7, 11) is 0. The Bertz CT molecular complexity index is 2260. The van der Waals surface area contributed by atoms with Crippen molar-refractivity contribution in [3.8, 4) is 11.1 Å². The monoisotopic (exact) mass is 762 g/mol. The summed E-state index contributed by atoms with van der Waals surface area (Å²) < 4.78 is 13.0. The molecule has 8 rings (SSSR count). The van der Waals surface area contributed by atoms with Crippen molar-refractivity contribution >= 4 is 49.0 Å². The van der Waals surface area contributed by atoms with E-state index in [2.05, 4.69) is 157 Å². The first-order valence-corrected chi connectivity index (χ1v) is 25.4. The van der Waals surface area contributed by atoms with E-state index >= 15 is 0 Å². The van der Waals surface area contributed by atoms with Crippen LogP contribution in [0.3, 0.4) is 0 Å². The predicted molar refractivity (Wildman–Crippen MR) is 217 cm³/mol. The molecule has 0 aromatic heterocycles. The van der Waals surface area contributed by atoms with Crippen molar-refractivity contribution in [1.82, 2.24) is 0 Å². The van der Waals surface area contributed by atoms with E-state index in [1.807, 2.05) is 0 Å². The Balaban J connectivity index is 0.00000208. The van der Waals surface area contributed by atoms with Gasteiger partial charge in [-0.1, -0.05) is 0 Å². The van der Waals surface area contributed by atoms with Gasteiger partial charge >= 0.3 is 285 Å². The molecule has 4 aliphatic carbocycles. The number of halogens is 2. The summed E-state index contributed by atoms with van der Waals surface area (Å²) in [5.41, 5.74) is 18.7. The van der Waals surface area contributed by atoms with Gasteiger partial charge in [-0.2, -0.15) is 0 Å². The maximum absolute atomic E-state index is 5.62. The van der Waals surface area contributed by atoms with Crippen LogP contribution in [-0.4, -0.2) is 4.21 Å². The third-order valence-corrected chi connectivity index (χ3v) is 28.7. The molecule has 0 heterocycles. The second-order valence-electron chi connectivity index (χ2n) is 16.6. The summed E-state index contributed by atoms with van der Waals surface area (Å²) in [6.45, 7) is 19.2. The first kappa shape index (κ1) is 36.0. The minimum absolute atomic E-state index is 0. The molecule has 49 heavy (non-hydrogen) atoms. The van der Waals surface area contributed by atoms with Gasteiger partial charge in [0.25, 0.3) is 0 Å². The Kier molecular flexibility index (Phi) is 8.52. The molecule has 4 aromatic rings. The van der Waals surface area contributed by atoms with Crippen LogP contribution < -0.4 is 3.27 Å². The van der Waals surface area contributed by atoms with Crippen LogP contribution in [0.25, 0.3) is 27.8 Å². The molecule has 4 aliphatic rings. The molecule has 3 heteroatoms. The molecule has 0 radical (unpaired) electrons. The van der Waals surface area contributed by atoms with Crippen LogP contribution >= 0.6 is 24.8 Å². The number of hydrogen-bond donors (Lipinski definition) is 0. The van der Waals surface area contributed by atoms with Gasteiger partial charge in [0.2, 0.25) is 0 Å². The molecular formula is C46H50Cl2Zr. The summed E-state index contributed by atoms with van der Waals surface area (Å²) in [4.78, 5) is 0.